The lowest BCUT2D eigenvalue weighted by atomic mass is 9.83. The maximum atomic E-state index is 12.4. The van der Waals surface area contributed by atoms with E-state index >= 15 is 0 Å². The second-order valence-corrected chi connectivity index (χ2v) is 4.71. The zero-order chi connectivity index (χ0) is 16.0. The van der Waals surface area contributed by atoms with Gasteiger partial charge in [0.15, 0.2) is 11.6 Å². The lowest BCUT2D eigenvalue weighted by Crippen LogP contribution is -2.21. The maximum absolute atomic E-state index is 12.4. The summed E-state index contributed by atoms with van der Waals surface area (Å²) in [7, 11) is 0. The van der Waals surface area contributed by atoms with Gasteiger partial charge >= 0.3 is 5.97 Å². The van der Waals surface area contributed by atoms with Crippen LogP contribution in [0.1, 0.15) is 42.2 Å². The van der Waals surface area contributed by atoms with Crippen LogP contribution in [0, 0.1) is 10.1 Å². The highest BCUT2D eigenvalue weighted by atomic mass is 16.6. The smallest absolute Gasteiger partial charge is 0.335 e. The van der Waals surface area contributed by atoms with E-state index in [2.05, 4.69) is 0 Å². The van der Waals surface area contributed by atoms with Crippen LogP contribution in [0.15, 0.2) is 36.4 Å². The number of nitro groups is 1. The number of nitrogens with zero attached hydrogens (tertiary/aromatic N) is 1. The number of non-ortho nitro benzene ring substituents is 1. The summed E-state index contributed by atoms with van der Waals surface area (Å²) in [5.41, 5.74) is -0.370. The van der Waals surface area contributed by atoms with Crippen molar-refractivity contribution in [2.75, 3.05) is 0 Å². The predicted molar refractivity (Wildman–Crippen MR) is 73.4 cm³/mol. The van der Waals surface area contributed by atoms with Gasteiger partial charge in [0.25, 0.3) is 5.69 Å². The molecule has 0 spiro atoms. The Bertz CT molecular complexity index is 810. The summed E-state index contributed by atoms with van der Waals surface area (Å²) in [5.74, 6) is -2.27. The Kier molecular flexibility index (Phi) is 2.84. The Morgan fingerprint density at radius 2 is 1.45 bits per heavy atom. The second-order valence-electron chi connectivity index (χ2n) is 4.71. The average Bonchev–Trinajstić information content (AvgIpc) is 2.51. The molecule has 1 aliphatic carbocycles. The molecule has 108 valence electrons. The Labute approximate surface area is 123 Å². The highest BCUT2D eigenvalue weighted by Crippen LogP contribution is 2.30. The fourth-order valence-corrected chi connectivity index (χ4v) is 2.38. The molecule has 7 heteroatoms. The Balaban J connectivity index is 2.22. The molecular weight excluding hydrogens is 290 g/mol. The van der Waals surface area contributed by atoms with Crippen molar-refractivity contribution in [2.45, 2.75) is 0 Å². The van der Waals surface area contributed by atoms with E-state index in [4.69, 9.17) is 5.11 Å². The molecule has 0 atom stereocenters. The van der Waals surface area contributed by atoms with Gasteiger partial charge in [0, 0.05) is 34.4 Å². The number of carboxylic acids is 1. The lowest BCUT2D eigenvalue weighted by molar-refractivity contribution is -0.384. The molecule has 7 nitrogen and oxygen atoms in total. The van der Waals surface area contributed by atoms with Crippen LogP contribution in [0.2, 0.25) is 0 Å². The third-order valence-corrected chi connectivity index (χ3v) is 3.46. The Morgan fingerprint density at radius 3 is 2.00 bits per heavy atom. The first-order chi connectivity index (χ1) is 10.4. The molecule has 22 heavy (non-hydrogen) atoms. The first-order valence-electron chi connectivity index (χ1n) is 6.15. The number of ketones is 2. The van der Waals surface area contributed by atoms with Crippen molar-refractivity contribution in [3.05, 3.63) is 74.3 Å². The van der Waals surface area contributed by atoms with Gasteiger partial charge in [-0.2, -0.15) is 0 Å². The van der Waals surface area contributed by atoms with Gasteiger partial charge in [-0.15, -0.1) is 0 Å². The molecule has 0 bridgehead atoms. The van der Waals surface area contributed by atoms with Crippen LogP contribution in [-0.2, 0) is 0 Å². The highest BCUT2D eigenvalue weighted by molar-refractivity contribution is 6.28. The predicted octanol–water partition coefficient (Wildman–Crippen LogP) is 2.07. The number of benzene rings is 2. The van der Waals surface area contributed by atoms with Crippen LogP contribution >= 0.6 is 0 Å². The molecule has 0 amide bonds. The van der Waals surface area contributed by atoms with Gasteiger partial charge in [0.1, 0.15) is 0 Å². The first-order valence-corrected chi connectivity index (χ1v) is 6.15. The van der Waals surface area contributed by atoms with E-state index in [1.165, 1.54) is 18.2 Å². The summed E-state index contributed by atoms with van der Waals surface area (Å²) < 4.78 is 0. The number of aromatic carboxylic acids is 1. The largest absolute Gasteiger partial charge is 0.478 e. The van der Waals surface area contributed by atoms with Crippen molar-refractivity contribution in [1.82, 2.24) is 0 Å². The zero-order valence-corrected chi connectivity index (χ0v) is 10.9. The molecule has 0 aromatic heterocycles. The van der Waals surface area contributed by atoms with Gasteiger partial charge in [0.2, 0.25) is 0 Å². The Hall–Kier alpha value is -3.35. The summed E-state index contributed by atoms with van der Waals surface area (Å²) in [4.78, 5) is 45.9. The standard InChI is InChI=1S/C15H7NO6/c17-13-10-4-2-8(16(21)22)6-12(10)14(18)9-3-1-7(15(19)20)5-11(9)13/h1-6H,(H,19,20). The fraction of sp³-hybridized carbons (Fsp3) is 0. The molecule has 3 rings (SSSR count). The lowest BCUT2D eigenvalue weighted by Gasteiger charge is -2.17. The Morgan fingerprint density at radius 1 is 0.909 bits per heavy atom. The minimum absolute atomic E-state index is 0.00810. The van der Waals surface area contributed by atoms with Crippen molar-refractivity contribution >= 4 is 23.2 Å². The summed E-state index contributed by atoms with van der Waals surface area (Å²) in [6, 6.07) is 7.02. The molecule has 0 radical (unpaired) electrons. The zero-order valence-electron chi connectivity index (χ0n) is 10.9. The summed E-state index contributed by atoms with van der Waals surface area (Å²) in [5, 5.41) is 19.7. The molecule has 1 N–H and O–H groups in total. The molecule has 0 heterocycles. The first kappa shape index (κ1) is 13.6. The number of rotatable bonds is 2. The van der Waals surface area contributed by atoms with Crippen LogP contribution < -0.4 is 0 Å². The maximum Gasteiger partial charge on any atom is 0.335 e. The van der Waals surface area contributed by atoms with Gasteiger partial charge in [-0.1, -0.05) is 0 Å². The topological polar surface area (TPSA) is 115 Å². The van der Waals surface area contributed by atoms with E-state index in [0.29, 0.717) is 0 Å². The molecule has 0 saturated heterocycles. The second kappa shape index (κ2) is 4.59. The fourth-order valence-electron chi connectivity index (χ4n) is 2.38. The monoisotopic (exact) mass is 297 g/mol. The van der Waals surface area contributed by atoms with Gasteiger partial charge in [-0.05, 0) is 24.3 Å². The van der Waals surface area contributed by atoms with Gasteiger partial charge < -0.3 is 5.11 Å². The van der Waals surface area contributed by atoms with Gasteiger partial charge in [-0.3, -0.25) is 19.7 Å². The number of carboxylic acid groups (broad SMARTS) is 1. The number of fused-ring (bicyclic) bond motifs is 2. The van der Waals surface area contributed by atoms with Gasteiger partial charge in [0.05, 0.1) is 10.5 Å². The summed E-state index contributed by atoms with van der Waals surface area (Å²) >= 11 is 0. The number of carbonyl (C=O) groups is 3. The van der Waals surface area contributed by atoms with Crippen molar-refractivity contribution < 1.29 is 24.4 Å². The van der Waals surface area contributed by atoms with Crippen LogP contribution in [0.4, 0.5) is 5.69 Å². The number of hydrogen-bond acceptors (Lipinski definition) is 5. The molecule has 2 aromatic carbocycles. The van der Waals surface area contributed by atoms with Crippen molar-refractivity contribution in [3.8, 4) is 0 Å². The van der Waals surface area contributed by atoms with E-state index in [1.54, 1.807) is 0 Å². The van der Waals surface area contributed by atoms with E-state index in [-0.39, 0.29) is 33.5 Å². The highest BCUT2D eigenvalue weighted by Gasteiger charge is 2.31. The quantitative estimate of drug-likeness (QED) is 0.572. The van der Waals surface area contributed by atoms with Crippen molar-refractivity contribution in [2.24, 2.45) is 0 Å². The van der Waals surface area contributed by atoms with Crippen LogP contribution in [-0.4, -0.2) is 27.6 Å². The summed E-state index contributed by atoms with van der Waals surface area (Å²) in [6.07, 6.45) is 0. The number of nitro benzene ring substituents is 1. The van der Waals surface area contributed by atoms with E-state index in [0.717, 1.165) is 18.2 Å². The number of carbonyl (C=O) groups excluding carboxylic acids is 2. The third-order valence-electron chi connectivity index (χ3n) is 3.46. The molecule has 0 saturated carbocycles. The van der Waals surface area contributed by atoms with E-state index in [1.807, 2.05) is 0 Å². The molecule has 2 aromatic rings. The third kappa shape index (κ3) is 1.87. The summed E-state index contributed by atoms with van der Waals surface area (Å²) in [6.45, 7) is 0. The van der Waals surface area contributed by atoms with Crippen molar-refractivity contribution in [1.29, 1.82) is 0 Å². The van der Waals surface area contributed by atoms with Crippen LogP contribution in [0.25, 0.3) is 0 Å². The minimum atomic E-state index is -1.21. The molecule has 0 aliphatic heterocycles. The van der Waals surface area contributed by atoms with Gasteiger partial charge in [-0.25, -0.2) is 4.79 Å². The van der Waals surface area contributed by atoms with E-state index < -0.39 is 22.5 Å². The van der Waals surface area contributed by atoms with E-state index in [9.17, 15) is 24.5 Å². The number of hydrogen-bond donors (Lipinski definition) is 1. The minimum Gasteiger partial charge on any atom is -0.478 e. The van der Waals surface area contributed by atoms with Crippen LogP contribution in [0.3, 0.4) is 0 Å². The molecule has 0 unspecified atom stereocenters. The molecule has 1 aliphatic rings. The van der Waals surface area contributed by atoms with Crippen LogP contribution in [0.5, 0.6) is 0 Å². The normalized spacial score (nSPS) is 12.5. The average molecular weight is 297 g/mol. The SMILES string of the molecule is O=C(O)c1ccc2c(c1)C(=O)c1ccc([N+](=O)[O-])cc1C2=O. The van der Waals surface area contributed by atoms with Crippen molar-refractivity contribution in [3.63, 3.8) is 0 Å². The molecular formula is C15H7NO6. The molecule has 0 fully saturated rings.